The Kier molecular flexibility index (Phi) is 8.71. The molecule has 1 fully saturated rings. The van der Waals surface area contributed by atoms with Crippen molar-refractivity contribution in [2.75, 3.05) is 20.1 Å². The molecule has 0 radical (unpaired) electrons. The van der Waals surface area contributed by atoms with Crippen molar-refractivity contribution in [1.82, 2.24) is 15.8 Å². The van der Waals surface area contributed by atoms with Crippen molar-refractivity contribution in [3.63, 3.8) is 0 Å². The zero-order chi connectivity index (χ0) is 17.7. The molecule has 0 spiro atoms. The van der Waals surface area contributed by atoms with Crippen molar-refractivity contribution in [2.45, 2.75) is 66.2 Å². The van der Waals surface area contributed by atoms with E-state index in [0.29, 0.717) is 11.3 Å². The Morgan fingerprint density at radius 3 is 2.36 bits per heavy atom. The van der Waals surface area contributed by atoms with E-state index in [2.05, 4.69) is 41.6 Å². The van der Waals surface area contributed by atoms with Crippen LogP contribution in [0, 0.1) is 25.2 Å². The Bertz CT molecular complexity index is 544. The Morgan fingerprint density at radius 1 is 1.24 bits per heavy atom. The molecule has 0 bridgehead atoms. The highest BCUT2D eigenvalue weighted by molar-refractivity contribution is 14.0. The van der Waals surface area contributed by atoms with Gasteiger partial charge in [-0.15, -0.1) is 24.0 Å². The average Bonchev–Trinajstić information content (AvgIpc) is 2.82. The quantitative estimate of drug-likeness (QED) is 0.358. The molecule has 6 heteroatoms. The van der Waals surface area contributed by atoms with Crippen molar-refractivity contribution in [3.8, 4) is 0 Å². The predicted molar refractivity (Wildman–Crippen MR) is 115 cm³/mol. The second kappa shape index (κ2) is 9.78. The SMILES string of the molecule is CN=C(NCC(C)c1c(C)noc1C)NCC1(CC(C)C)CCC1.I. The third-order valence-corrected chi connectivity index (χ3v) is 5.27. The van der Waals surface area contributed by atoms with Gasteiger partial charge in [0.05, 0.1) is 5.69 Å². The van der Waals surface area contributed by atoms with E-state index in [1.165, 1.54) is 31.2 Å². The Morgan fingerprint density at radius 2 is 1.92 bits per heavy atom. The summed E-state index contributed by atoms with van der Waals surface area (Å²) in [6.45, 7) is 12.6. The van der Waals surface area contributed by atoms with E-state index in [4.69, 9.17) is 4.52 Å². The summed E-state index contributed by atoms with van der Waals surface area (Å²) >= 11 is 0. The zero-order valence-electron chi connectivity index (χ0n) is 16.6. The highest BCUT2D eigenvalue weighted by atomic mass is 127. The molecule has 2 N–H and O–H groups in total. The third kappa shape index (κ3) is 5.86. The smallest absolute Gasteiger partial charge is 0.191 e. The molecule has 1 aromatic rings. The average molecular weight is 462 g/mol. The first kappa shape index (κ1) is 22.3. The Balaban J connectivity index is 0.00000312. The fraction of sp³-hybridized carbons (Fsp3) is 0.789. The van der Waals surface area contributed by atoms with Gasteiger partial charge in [0.1, 0.15) is 5.76 Å². The Hall–Kier alpha value is -0.790. The van der Waals surface area contributed by atoms with E-state index < -0.39 is 0 Å². The molecule has 0 aliphatic heterocycles. The van der Waals surface area contributed by atoms with E-state index in [1.54, 1.807) is 0 Å². The number of nitrogens with zero attached hydrogens (tertiary/aromatic N) is 2. The number of aliphatic imine (C=N–C) groups is 1. The van der Waals surface area contributed by atoms with E-state index >= 15 is 0 Å². The summed E-state index contributed by atoms with van der Waals surface area (Å²) in [4.78, 5) is 4.38. The first-order chi connectivity index (χ1) is 11.4. The van der Waals surface area contributed by atoms with Crippen LogP contribution in [0.15, 0.2) is 9.52 Å². The minimum Gasteiger partial charge on any atom is -0.361 e. The van der Waals surface area contributed by atoms with Crippen molar-refractivity contribution in [2.24, 2.45) is 16.3 Å². The van der Waals surface area contributed by atoms with Crippen LogP contribution in [0.5, 0.6) is 0 Å². The van der Waals surface area contributed by atoms with Gasteiger partial charge in [-0.1, -0.05) is 32.3 Å². The van der Waals surface area contributed by atoms with E-state index in [1.807, 2.05) is 20.9 Å². The Labute approximate surface area is 169 Å². The number of hydrogen-bond acceptors (Lipinski definition) is 3. The number of guanidine groups is 1. The van der Waals surface area contributed by atoms with Crippen LogP contribution in [0.3, 0.4) is 0 Å². The van der Waals surface area contributed by atoms with Crippen molar-refractivity contribution >= 4 is 29.9 Å². The minimum absolute atomic E-state index is 0. The molecule has 1 heterocycles. The molecule has 1 saturated carbocycles. The van der Waals surface area contributed by atoms with Crippen LogP contribution in [-0.2, 0) is 0 Å². The molecule has 0 amide bonds. The molecule has 1 aliphatic carbocycles. The standard InChI is InChI=1S/C19H34N4O.HI/c1-13(2)10-19(8-7-9-19)12-22-18(20-6)21-11-14(3)17-15(4)23-24-16(17)5;/h13-14H,7-12H2,1-6H3,(H2,20,21,22);1H. The van der Waals surface area contributed by atoms with Gasteiger partial charge in [-0.2, -0.15) is 0 Å². The summed E-state index contributed by atoms with van der Waals surface area (Å²) < 4.78 is 5.28. The highest BCUT2D eigenvalue weighted by Crippen LogP contribution is 2.45. The molecule has 1 aliphatic rings. The largest absolute Gasteiger partial charge is 0.361 e. The van der Waals surface area contributed by atoms with Gasteiger partial charge in [0.2, 0.25) is 0 Å². The molecular weight excluding hydrogens is 427 g/mol. The fourth-order valence-corrected chi connectivity index (χ4v) is 4.03. The normalized spacial score (nSPS) is 17.6. The fourth-order valence-electron chi connectivity index (χ4n) is 4.03. The van der Waals surface area contributed by atoms with E-state index in [9.17, 15) is 0 Å². The summed E-state index contributed by atoms with van der Waals surface area (Å²) in [5, 5.41) is 11.1. The van der Waals surface area contributed by atoms with Crippen molar-refractivity contribution in [3.05, 3.63) is 17.0 Å². The lowest BCUT2D eigenvalue weighted by Gasteiger charge is -2.43. The molecule has 1 aromatic heterocycles. The number of halogens is 1. The van der Waals surface area contributed by atoms with Crippen LogP contribution in [0.25, 0.3) is 0 Å². The summed E-state index contributed by atoms with van der Waals surface area (Å²) in [6.07, 6.45) is 5.34. The van der Waals surface area contributed by atoms with Gasteiger partial charge in [0.15, 0.2) is 5.96 Å². The lowest BCUT2D eigenvalue weighted by Crippen LogP contribution is -2.47. The van der Waals surface area contributed by atoms with E-state index in [-0.39, 0.29) is 24.0 Å². The highest BCUT2D eigenvalue weighted by Gasteiger charge is 2.37. The van der Waals surface area contributed by atoms with Crippen LogP contribution in [-0.4, -0.2) is 31.3 Å². The maximum absolute atomic E-state index is 5.28. The van der Waals surface area contributed by atoms with Gasteiger partial charge in [-0.05, 0) is 44.4 Å². The molecular formula is C19H35IN4O. The zero-order valence-corrected chi connectivity index (χ0v) is 18.9. The minimum atomic E-state index is 0. The molecule has 25 heavy (non-hydrogen) atoms. The maximum atomic E-state index is 5.28. The summed E-state index contributed by atoms with van der Waals surface area (Å²) in [6, 6.07) is 0. The molecule has 2 rings (SSSR count). The van der Waals surface area contributed by atoms with Crippen LogP contribution in [0.4, 0.5) is 0 Å². The maximum Gasteiger partial charge on any atom is 0.191 e. The lowest BCUT2D eigenvalue weighted by molar-refractivity contribution is 0.104. The van der Waals surface area contributed by atoms with Gasteiger partial charge in [-0.25, -0.2) is 0 Å². The van der Waals surface area contributed by atoms with Crippen LogP contribution >= 0.6 is 24.0 Å². The number of nitrogens with one attached hydrogen (secondary N) is 2. The number of aryl methyl sites for hydroxylation is 2. The topological polar surface area (TPSA) is 62.5 Å². The summed E-state index contributed by atoms with van der Waals surface area (Å²) in [5.41, 5.74) is 2.65. The monoisotopic (exact) mass is 462 g/mol. The van der Waals surface area contributed by atoms with Crippen LogP contribution in [0.2, 0.25) is 0 Å². The number of aromatic nitrogens is 1. The number of hydrogen-bond donors (Lipinski definition) is 2. The molecule has 1 unspecified atom stereocenters. The van der Waals surface area contributed by atoms with Gasteiger partial charge < -0.3 is 15.2 Å². The summed E-state index contributed by atoms with van der Waals surface area (Å²) in [7, 11) is 1.84. The molecule has 0 saturated heterocycles. The molecule has 5 nitrogen and oxygen atoms in total. The van der Waals surface area contributed by atoms with Crippen molar-refractivity contribution in [1.29, 1.82) is 0 Å². The second-order valence-electron chi connectivity index (χ2n) is 7.90. The van der Waals surface area contributed by atoms with Gasteiger partial charge in [0.25, 0.3) is 0 Å². The predicted octanol–water partition coefficient (Wildman–Crippen LogP) is 4.39. The van der Waals surface area contributed by atoms with Gasteiger partial charge in [-0.3, -0.25) is 4.99 Å². The van der Waals surface area contributed by atoms with Crippen LogP contribution < -0.4 is 10.6 Å². The third-order valence-electron chi connectivity index (χ3n) is 5.27. The summed E-state index contributed by atoms with van der Waals surface area (Å²) in [5.74, 6) is 2.89. The lowest BCUT2D eigenvalue weighted by atomic mass is 9.64. The number of rotatable bonds is 7. The van der Waals surface area contributed by atoms with E-state index in [0.717, 1.165) is 36.4 Å². The first-order valence-electron chi connectivity index (χ1n) is 9.24. The second-order valence-corrected chi connectivity index (χ2v) is 7.90. The van der Waals surface area contributed by atoms with Crippen molar-refractivity contribution < 1.29 is 4.52 Å². The molecule has 144 valence electrons. The molecule has 0 aromatic carbocycles. The van der Waals surface area contributed by atoms with Gasteiger partial charge in [0, 0.05) is 31.6 Å². The first-order valence-corrected chi connectivity index (χ1v) is 9.24. The molecule has 1 atom stereocenters. The van der Waals surface area contributed by atoms with Gasteiger partial charge >= 0.3 is 0 Å². The van der Waals surface area contributed by atoms with Crippen LogP contribution in [0.1, 0.15) is 69.4 Å².